The van der Waals surface area contributed by atoms with Gasteiger partial charge in [0.05, 0.1) is 24.5 Å². The molecule has 0 radical (unpaired) electrons. The number of ketones is 1. The monoisotopic (exact) mass is 471 g/mol. The SMILES string of the molecule is CN(C)c1nc(-c2ccn3c(-c4cccc(CC(=O)CCC(F)(F)F)c4)cnc3c2)ncc1F. The van der Waals surface area contributed by atoms with E-state index in [1.807, 2.05) is 10.5 Å². The van der Waals surface area contributed by atoms with Gasteiger partial charge in [0.1, 0.15) is 11.4 Å². The van der Waals surface area contributed by atoms with Crippen molar-refractivity contribution in [3.05, 3.63) is 66.4 Å². The number of carbonyl (C=O) groups excluding carboxylic acids is 1. The Bertz CT molecular complexity index is 1350. The van der Waals surface area contributed by atoms with Crippen molar-refractivity contribution >= 4 is 17.2 Å². The first-order chi connectivity index (χ1) is 16.1. The van der Waals surface area contributed by atoms with Gasteiger partial charge in [0.15, 0.2) is 17.5 Å². The molecule has 0 spiro atoms. The van der Waals surface area contributed by atoms with Crippen LogP contribution in [0.2, 0.25) is 0 Å². The third-order valence-corrected chi connectivity index (χ3v) is 5.23. The van der Waals surface area contributed by atoms with Crippen LogP contribution in [0, 0.1) is 5.82 Å². The van der Waals surface area contributed by atoms with Crippen LogP contribution in [0.25, 0.3) is 28.3 Å². The number of rotatable bonds is 7. The molecular weight excluding hydrogens is 450 g/mol. The van der Waals surface area contributed by atoms with Crippen LogP contribution in [-0.4, -0.2) is 45.4 Å². The average Bonchev–Trinajstić information content (AvgIpc) is 3.21. The number of benzene rings is 1. The molecular formula is C24H21F4N5O. The third-order valence-electron chi connectivity index (χ3n) is 5.23. The molecule has 0 aliphatic rings. The number of pyridine rings is 1. The summed E-state index contributed by atoms with van der Waals surface area (Å²) in [7, 11) is 3.38. The van der Waals surface area contributed by atoms with Crippen molar-refractivity contribution in [3.63, 3.8) is 0 Å². The Hall–Kier alpha value is -3.82. The van der Waals surface area contributed by atoms with E-state index in [4.69, 9.17) is 0 Å². The number of fused-ring (bicyclic) bond motifs is 1. The summed E-state index contributed by atoms with van der Waals surface area (Å²) < 4.78 is 52.9. The van der Waals surface area contributed by atoms with Crippen LogP contribution in [-0.2, 0) is 11.2 Å². The number of alkyl halides is 3. The number of anilines is 1. The van der Waals surface area contributed by atoms with E-state index in [9.17, 15) is 22.4 Å². The van der Waals surface area contributed by atoms with Crippen molar-refractivity contribution in [1.82, 2.24) is 19.4 Å². The second-order valence-electron chi connectivity index (χ2n) is 8.08. The van der Waals surface area contributed by atoms with Crippen molar-refractivity contribution in [3.8, 4) is 22.6 Å². The molecule has 0 N–H and O–H groups in total. The predicted octanol–water partition coefficient (Wildman–Crippen LogP) is 5.12. The number of carbonyl (C=O) groups is 1. The molecule has 6 nitrogen and oxygen atoms in total. The van der Waals surface area contributed by atoms with Gasteiger partial charge in [0.25, 0.3) is 0 Å². The molecule has 0 aliphatic heterocycles. The van der Waals surface area contributed by atoms with Crippen LogP contribution in [0.1, 0.15) is 18.4 Å². The smallest absolute Gasteiger partial charge is 0.360 e. The lowest BCUT2D eigenvalue weighted by Crippen LogP contribution is -2.13. The van der Waals surface area contributed by atoms with Gasteiger partial charge < -0.3 is 4.90 Å². The number of halogens is 4. The number of nitrogens with zero attached hydrogens (tertiary/aromatic N) is 5. The fraction of sp³-hybridized carbons (Fsp3) is 0.250. The van der Waals surface area contributed by atoms with Gasteiger partial charge in [-0.25, -0.2) is 19.3 Å². The van der Waals surface area contributed by atoms with Gasteiger partial charge in [-0.15, -0.1) is 0 Å². The largest absolute Gasteiger partial charge is 0.389 e. The van der Waals surface area contributed by atoms with Crippen LogP contribution in [0.4, 0.5) is 23.4 Å². The highest BCUT2D eigenvalue weighted by molar-refractivity contribution is 5.81. The topological polar surface area (TPSA) is 63.4 Å². The van der Waals surface area contributed by atoms with E-state index in [0.29, 0.717) is 22.6 Å². The average molecular weight is 471 g/mol. The number of hydrogen-bond donors (Lipinski definition) is 0. The van der Waals surface area contributed by atoms with Gasteiger partial charge in [-0.1, -0.05) is 18.2 Å². The van der Waals surface area contributed by atoms with E-state index < -0.39 is 30.6 Å². The second-order valence-corrected chi connectivity index (χ2v) is 8.08. The van der Waals surface area contributed by atoms with Crippen LogP contribution < -0.4 is 4.90 Å². The number of hydrogen-bond acceptors (Lipinski definition) is 5. The maximum atomic E-state index is 13.9. The fourth-order valence-corrected chi connectivity index (χ4v) is 3.58. The molecule has 3 aromatic heterocycles. The van der Waals surface area contributed by atoms with E-state index in [0.717, 1.165) is 17.5 Å². The van der Waals surface area contributed by atoms with Crippen molar-refractivity contribution in [2.75, 3.05) is 19.0 Å². The van der Waals surface area contributed by atoms with Crippen LogP contribution in [0.15, 0.2) is 55.0 Å². The Morgan fingerprint density at radius 1 is 1.06 bits per heavy atom. The van der Waals surface area contributed by atoms with E-state index in [2.05, 4.69) is 15.0 Å². The fourth-order valence-electron chi connectivity index (χ4n) is 3.58. The van der Waals surface area contributed by atoms with Gasteiger partial charge in [0.2, 0.25) is 0 Å². The molecule has 0 fully saturated rings. The molecule has 0 saturated heterocycles. The maximum Gasteiger partial charge on any atom is 0.389 e. The van der Waals surface area contributed by atoms with Crippen molar-refractivity contribution in [1.29, 1.82) is 0 Å². The first kappa shape index (κ1) is 23.3. The number of imidazole rings is 1. The molecule has 4 aromatic rings. The standard InChI is InChI=1S/C24H21F4N5O/c1-32(2)23-19(25)13-30-22(31-23)17-7-9-33-20(14-29-21(33)12-17)16-5-3-4-15(10-16)11-18(34)6-8-24(26,27)28/h3-5,7,9-10,12-14H,6,8,11H2,1-2H3. The van der Waals surface area contributed by atoms with Gasteiger partial charge in [-0.2, -0.15) is 13.2 Å². The zero-order valence-corrected chi connectivity index (χ0v) is 18.5. The number of aromatic nitrogens is 4. The Morgan fingerprint density at radius 3 is 2.59 bits per heavy atom. The van der Waals surface area contributed by atoms with Crippen LogP contribution in [0.5, 0.6) is 0 Å². The molecule has 0 aliphatic carbocycles. The van der Waals surface area contributed by atoms with E-state index in [1.54, 1.807) is 61.7 Å². The van der Waals surface area contributed by atoms with Crippen LogP contribution >= 0.6 is 0 Å². The molecule has 10 heteroatoms. The zero-order chi connectivity index (χ0) is 24.5. The summed E-state index contributed by atoms with van der Waals surface area (Å²) in [6, 6.07) is 10.6. The third kappa shape index (κ3) is 5.22. The summed E-state index contributed by atoms with van der Waals surface area (Å²) in [5.74, 6) is -0.449. The molecule has 0 bridgehead atoms. The van der Waals surface area contributed by atoms with E-state index >= 15 is 0 Å². The Morgan fingerprint density at radius 2 is 1.85 bits per heavy atom. The Balaban J connectivity index is 1.59. The Kier molecular flexibility index (Phi) is 6.32. The summed E-state index contributed by atoms with van der Waals surface area (Å²) in [4.78, 5) is 26.3. The first-order valence-corrected chi connectivity index (χ1v) is 10.5. The molecule has 176 valence electrons. The molecule has 0 atom stereocenters. The summed E-state index contributed by atoms with van der Waals surface area (Å²) in [6.07, 6.45) is -1.49. The lowest BCUT2D eigenvalue weighted by Gasteiger charge is -2.13. The highest BCUT2D eigenvalue weighted by atomic mass is 19.4. The van der Waals surface area contributed by atoms with E-state index in [1.165, 1.54) is 0 Å². The normalized spacial score (nSPS) is 11.7. The maximum absolute atomic E-state index is 13.9. The van der Waals surface area contributed by atoms with Gasteiger partial charge in [-0.05, 0) is 23.8 Å². The van der Waals surface area contributed by atoms with Crippen LogP contribution in [0.3, 0.4) is 0 Å². The minimum atomic E-state index is -4.35. The minimum absolute atomic E-state index is 0.0685. The Labute approximate surface area is 192 Å². The molecule has 1 aromatic carbocycles. The van der Waals surface area contributed by atoms with Crippen molar-refractivity contribution < 1.29 is 22.4 Å². The highest BCUT2D eigenvalue weighted by Gasteiger charge is 2.27. The van der Waals surface area contributed by atoms with Crippen molar-refractivity contribution in [2.24, 2.45) is 0 Å². The predicted molar refractivity (Wildman–Crippen MR) is 120 cm³/mol. The molecule has 0 unspecified atom stereocenters. The second kappa shape index (κ2) is 9.20. The lowest BCUT2D eigenvalue weighted by atomic mass is 10.0. The minimum Gasteiger partial charge on any atom is -0.360 e. The van der Waals surface area contributed by atoms with E-state index in [-0.39, 0.29) is 12.2 Å². The van der Waals surface area contributed by atoms with Gasteiger partial charge >= 0.3 is 6.18 Å². The molecule has 34 heavy (non-hydrogen) atoms. The first-order valence-electron chi connectivity index (χ1n) is 10.5. The van der Waals surface area contributed by atoms with Gasteiger partial charge in [0, 0.05) is 44.3 Å². The zero-order valence-electron chi connectivity index (χ0n) is 18.5. The summed E-state index contributed by atoms with van der Waals surface area (Å²) >= 11 is 0. The summed E-state index contributed by atoms with van der Waals surface area (Å²) in [5.41, 5.74) is 3.43. The number of Topliss-reactive ketones (excluding diaryl/α,β-unsaturated/α-hetero) is 1. The molecule has 3 heterocycles. The molecule has 0 amide bonds. The van der Waals surface area contributed by atoms with Gasteiger partial charge in [-0.3, -0.25) is 9.20 Å². The molecule has 4 rings (SSSR count). The van der Waals surface area contributed by atoms with Crippen molar-refractivity contribution in [2.45, 2.75) is 25.4 Å². The summed E-state index contributed by atoms with van der Waals surface area (Å²) in [5, 5.41) is 0. The lowest BCUT2D eigenvalue weighted by molar-refractivity contribution is -0.143. The highest BCUT2D eigenvalue weighted by Crippen LogP contribution is 2.26. The molecule has 0 saturated carbocycles. The quantitative estimate of drug-likeness (QED) is 0.350. The summed E-state index contributed by atoms with van der Waals surface area (Å²) in [6.45, 7) is 0.